The van der Waals surface area contributed by atoms with Crippen LogP contribution in [0.4, 0.5) is 0 Å². The van der Waals surface area contributed by atoms with E-state index in [4.69, 9.17) is 0 Å². The Labute approximate surface area is 100.0 Å². The van der Waals surface area contributed by atoms with E-state index in [0.29, 0.717) is 0 Å². The first-order valence-electron chi connectivity index (χ1n) is 5.64. The molecule has 0 aliphatic heterocycles. The number of rotatable bonds is 1. The van der Waals surface area contributed by atoms with Crippen LogP contribution in [-0.4, -0.2) is 9.55 Å². The zero-order chi connectivity index (χ0) is 11.8. The molecule has 0 N–H and O–H groups in total. The van der Waals surface area contributed by atoms with Gasteiger partial charge in [-0.05, 0) is 36.8 Å². The van der Waals surface area contributed by atoms with E-state index < -0.39 is 0 Å². The summed E-state index contributed by atoms with van der Waals surface area (Å²) in [6.07, 6.45) is 3.89. The molecule has 84 valence electrons. The van der Waals surface area contributed by atoms with Crippen molar-refractivity contribution < 1.29 is 4.57 Å². The van der Waals surface area contributed by atoms with Gasteiger partial charge in [0.05, 0.1) is 7.05 Å². The molecular weight excluding hydrogens is 210 g/mol. The van der Waals surface area contributed by atoms with Crippen LogP contribution in [0.15, 0.2) is 48.9 Å². The summed E-state index contributed by atoms with van der Waals surface area (Å²) in [6, 6.07) is 12.5. The molecule has 0 bridgehead atoms. The monoisotopic (exact) mass is 224 g/mol. The first-order chi connectivity index (χ1) is 8.25. The van der Waals surface area contributed by atoms with Crippen LogP contribution in [-0.2, 0) is 7.05 Å². The molecule has 2 aromatic heterocycles. The van der Waals surface area contributed by atoms with E-state index in [1.165, 1.54) is 5.56 Å². The predicted octanol–water partition coefficient (Wildman–Crippen LogP) is 2.16. The fourth-order valence-electron chi connectivity index (χ4n) is 2.11. The summed E-state index contributed by atoms with van der Waals surface area (Å²) in [5, 5.41) is 0. The quantitative estimate of drug-likeness (QED) is 0.580. The molecule has 0 fully saturated rings. The molecule has 0 radical (unpaired) electrons. The van der Waals surface area contributed by atoms with Gasteiger partial charge in [0.2, 0.25) is 0 Å². The Morgan fingerprint density at radius 3 is 2.88 bits per heavy atom. The van der Waals surface area contributed by atoms with E-state index in [2.05, 4.69) is 57.7 Å². The largest absolute Gasteiger partial charge is 0.273 e. The van der Waals surface area contributed by atoms with Crippen molar-refractivity contribution in [2.45, 2.75) is 6.92 Å². The maximum atomic E-state index is 4.45. The molecule has 2 heterocycles. The van der Waals surface area contributed by atoms with Gasteiger partial charge in [-0.2, -0.15) is 4.57 Å². The molecular formula is C14H14N3+. The van der Waals surface area contributed by atoms with E-state index >= 15 is 0 Å². The molecule has 1 aromatic carbocycles. The maximum Gasteiger partial charge on any atom is 0.273 e. The Hall–Kier alpha value is -2.16. The van der Waals surface area contributed by atoms with Crippen molar-refractivity contribution >= 4 is 11.2 Å². The number of aryl methyl sites for hydroxylation is 2. The van der Waals surface area contributed by atoms with Gasteiger partial charge < -0.3 is 0 Å². The number of pyridine rings is 1. The average Bonchev–Trinajstić information content (AvgIpc) is 2.68. The van der Waals surface area contributed by atoms with Gasteiger partial charge in [0, 0.05) is 6.20 Å². The number of hydrogen-bond donors (Lipinski definition) is 0. The first kappa shape index (κ1) is 10.0. The highest BCUT2D eigenvalue weighted by Crippen LogP contribution is 2.15. The van der Waals surface area contributed by atoms with Crippen molar-refractivity contribution in [1.82, 2.24) is 9.55 Å². The molecule has 3 rings (SSSR count). The third-order valence-corrected chi connectivity index (χ3v) is 2.94. The summed E-state index contributed by atoms with van der Waals surface area (Å²) >= 11 is 0. The van der Waals surface area contributed by atoms with Crippen LogP contribution in [0.3, 0.4) is 0 Å². The number of benzene rings is 1. The van der Waals surface area contributed by atoms with Crippen molar-refractivity contribution in [2.24, 2.45) is 7.05 Å². The Kier molecular flexibility index (Phi) is 2.18. The summed E-state index contributed by atoms with van der Waals surface area (Å²) in [5.74, 6) is 0. The van der Waals surface area contributed by atoms with Gasteiger partial charge in [-0.3, -0.25) is 0 Å². The third-order valence-electron chi connectivity index (χ3n) is 2.94. The number of fused-ring (bicyclic) bond motifs is 1. The molecule has 0 unspecified atom stereocenters. The van der Waals surface area contributed by atoms with Crippen LogP contribution in [0.1, 0.15) is 5.56 Å². The second-order valence-corrected chi connectivity index (χ2v) is 4.28. The summed E-state index contributed by atoms with van der Waals surface area (Å²) in [5.41, 5.74) is 4.52. The molecule has 3 aromatic rings. The highest BCUT2D eigenvalue weighted by atomic mass is 15.2. The molecule has 3 nitrogen and oxygen atoms in total. The summed E-state index contributed by atoms with van der Waals surface area (Å²) < 4.78 is 4.20. The Morgan fingerprint density at radius 2 is 2.06 bits per heavy atom. The van der Waals surface area contributed by atoms with Crippen LogP contribution < -0.4 is 4.57 Å². The predicted molar refractivity (Wildman–Crippen MR) is 67.0 cm³/mol. The molecule has 3 heteroatoms. The first-order valence-corrected chi connectivity index (χ1v) is 5.64. The lowest BCUT2D eigenvalue weighted by Crippen LogP contribution is -2.25. The van der Waals surface area contributed by atoms with Gasteiger partial charge in [-0.25, -0.2) is 9.55 Å². The van der Waals surface area contributed by atoms with E-state index in [1.807, 2.05) is 19.3 Å². The number of aromatic nitrogens is 3. The van der Waals surface area contributed by atoms with Gasteiger partial charge in [0.1, 0.15) is 5.69 Å². The normalized spacial score (nSPS) is 10.9. The van der Waals surface area contributed by atoms with Crippen molar-refractivity contribution in [3.05, 3.63) is 54.5 Å². The van der Waals surface area contributed by atoms with Crippen molar-refractivity contribution in [3.8, 4) is 5.69 Å². The lowest BCUT2D eigenvalue weighted by atomic mass is 10.2. The lowest BCUT2D eigenvalue weighted by molar-refractivity contribution is -0.645. The zero-order valence-electron chi connectivity index (χ0n) is 9.96. The minimum atomic E-state index is 0.987. The molecule has 0 saturated heterocycles. The van der Waals surface area contributed by atoms with Crippen molar-refractivity contribution in [3.63, 3.8) is 0 Å². The van der Waals surface area contributed by atoms with Crippen LogP contribution in [0.5, 0.6) is 0 Å². The van der Waals surface area contributed by atoms with Gasteiger partial charge in [0.25, 0.3) is 12.0 Å². The van der Waals surface area contributed by atoms with Gasteiger partial charge >= 0.3 is 0 Å². The lowest BCUT2D eigenvalue weighted by Gasteiger charge is -1.97. The molecule has 0 amide bonds. The fraction of sp³-hybridized carbons (Fsp3) is 0.143. The van der Waals surface area contributed by atoms with Crippen LogP contribution >= 0.6 is 0 Å². The molecule has 0 aliphatic carbocycles. The Bertz CT molecular complexity index is 683. The van der Waals surface area contributed by atoms with Gasteiger partial charge in [-0.1, -0.05) is 12.1 Å². The Balaban J connectivity index is 2.31. The molecule has 17 heavy (non-hydrogen) atoms. The third kappa shape index (κ3) is 1.60. The highest BCUT2D eigenvalue weighted by molar-refractivity contribution is 5.68. The molecule has 0 saturated carbocycles. The van der Waals surface area contributed by atoms with Gasteiger partial charge in [-0.15, -0.1) is 0 Å². The second-order valence-electron chi connectivity index (χ2n) is 4.28. The van der Waals surface area contributed by atoms with Gasteiger partial charge in [0.15, 0.2) is 5.52 Å². The Morgan fingerprint density at radius 1 is 1.18 bits per heavy atom. The van der Waals surface area contributed by atoms with Crippen molar-refractivity contribution in [1.29, 1.82) is 0 Å². The number of imidazole rings is 1. The SMILES string of the molecule is Cc1cccc(-n2c[n+](C)c3cccnc32)c1. The summed E-state index contributed by atoms with van der Waals surface area (Å²) in [6.45, 7) is 2.10. The molecule has 0 atom stereocenters. The van der Waals surface area contributed by atoms with Crippen LogP contribution in [0.2, 0.25) is 0 Å². The number of hydrogen-bond acceptors (Lipinski definition) is 1. The van der Waals surface area contributed by atoms with Crippen LogP contribution in [0.25, 0.3) is 16.9 Å². The van der Waals surface area contributed by atoms with Crippen LogP contribution in [0, 0.1) is 6.92 Å². The summed E-state index contributed by atoms with van der Waals surface area (Å²) in [4.78, 5) is 4.45. The van der Waals surface area contributed by atoms with E-state index in [9.17, 15) is 0 Å². The van der Waals surface area contributed by atoms with E-state index in [-0.39, 0.29) is 0 Å². The molecule has 0 aliphatic rings. The van der Waals surface area contributed by atoms with Crippen molar-refractivity contribution in [2.75, 3.05) is 0 Å². The minimum absolute atomic E-state index is 0.987. The smallest absolute Gasteiger partial charge is 0.231 e. The van der Waals surface area contributed by atoms with E-state index in [1.54, 1.807) is 0 Å². The van der Waals surface area contributed by atoms with E-state index in [0.717, 1.165) is 16.9 Å². The fourth-order valence-corrected chi connectivity index (χ4v) is 2.11. The maximum absolute atomic E-state index is 4.45. The molecule has 0 spiro atoms. The number of nitrogens with zero attached hydrogens (tertiary/aromatic N) is 3. The second kappa shape index (κ2) is 3.70. The minimum Gasteiger partial charge on any atom is -0.231 e. The average molecular weight is 224 g/mol. The zero-order valence-corrected chi connectivity index (χ0v) is 9.96. The summed E-state index contributed by atoms with van der Waals surface area (Å²) in [7, 11) is 2.04. The topological polar surface area (TPSA) is 21.7 Å². The highest BCUT2D eigenvalue weighted by Gasteiger charge is 2.15. The standard InChI is InChI=1S/C14H14N3/c1-11-5-3-6-12(9-11)17-10-16(2)13-7-4-8-15-14(13)17/h3-10H,1-2H3/q+1.